The summed E-state index contributed by atoms with van der Waals surface area (Å²) in [7, 11) is 1.51. The van der Waals surface area contributed by atoms with E-state index in [-0.39, 0.29) is 0 Å². The Balaban J connectivity index is 3.02. The average Bonchev–Trinajstić information content (AvgIpc) is 2.17. The van der Waals surface area contributed by atoms with Crippen molar-refractivity contribution in [3.05, 3.63) is 27.7 Å². The maximum Gasteiger partial charge on any atom is 0.156 e. The summed E-state index contributed by atoms with van der Waals surface area (Å²) in [4.78, 5) is 0. The Bertz CT molecular complexity index is 316. The Kier molecular flexibility index (Phi) is 4.71. The lowest BCUT2D eigenvalue weighted by atomic mass is 10.1. The monoisotopic (exact) mass is 248 g/mol. The van der Waals surface area contributed by atoms with Crippen molar-refractivity contribution in [2.24, 2.45) is 0 Å². The van der Waals surface area contributed by atoms with Crippen molar-refractivity contribution < 1.29 is 9.84 Å². The molecule has 0 spiro atoms. The fraction of sp³-hybridized carbons (Fsp3) is 0.455. The molecule has 0 aliphatic carbocycles. The summed E-state index contributed by atoms with van der Waals surface area (Å²) in [6, 6.07) is 3.37. The first-order valence-corrected chi connectivity index (χ1v) is 5.56. The van der Waals surface area contributed by atoms with Gasteiger partial charge in [0, 0.05) is 0 Å². The lowest BCUT2D eigenvalue weighted by Gasteiger charge is -2.13. The van der Waals surface area contributed by atoms with Gasteiger partial charge in [0.1, 0.15) is 0 Å². The van der Waals surface area contributed by atoms with Crippen LogP contribution in [-0.4, -0.2) is 12.2 Å². The minimum Gasteiger partial charge on any atom is -0.494 e. The molecular formula is C11H14Cl2O2. The molecule has 0 aliphatic rings. The number of methoxy groups -OCH3 is 1. The number of rotatable bonds is 4. The molecule has 1 atom stereocenters. The molecule has 0 aromatic heterocycles. The average molecular weight is 249 g/mol. The first-order chi connectivity index (χ1) is 7.10. The first kappa shape index (κ1) is 12.6. The highest BCUT2D eigenvalue weighted by Gasteiger charge is 2.13. The summed E-state index contributed by atoms with van der Waals surface area (Å²) in [6.45, 7) is 2.01. The fourth-order valence-corrected chi connectivity index (χ4v) is 2.07. The van der Waals surface area contributed by atoms with Crippen LogP contribution in [0.3, 0.4) is 0 Å². The van der Waals surface area contributed by atoms with Gasteiger partial charge in [-0.1, -0.05) is 36.5 Å². The van der Waals surface area contributed by atoms with Crippen molar-refractivity contribution in [3.63, 3.8) is 0 Å². The molecule has 2 nitrogen and oxygen atoms in total. The molecule has 0 aliphatic heterocycles. The molecule has 1 aromatic rings. The normalized spacial score (nSPS) is 12.6. The van der Waals surface area contributed by atoms with Gasteiger partial charge in [-0.3, -0.25) is 0 Å². The molecule has 0 bridgehead atoms. The van der Waals surface area contributed by atoms with Gasteiger partial charge in [-0.25, -0.2) is 0 Å². The van der Waals surface area contributed by atoms with E-state index in [0.717, 1.165) is 12.0 Å². The van der Waals surface area contributed by atoms with Crippen molar-refractivity contribution in [1.29, 1.82) is 0 Å². The van der Waals surface area contributed by atoms with E-state index in [1.807, 2.05) is 6.92 Å². The van der Waals surface area contributed by atoms with Crippen LogP contribution in [0.4, 0.5) is 0 Å². The van der Waals surface area contributed by atoms with Crippen LogP contribution in [0.15, 0.2) is 12.1 Å². The third kappa shape index (κ3) is 3.00. The number of hydrogen-bond donors (Lipinski definition) is 1. The van der Waals surface area contributed by atoms with E-state index < -0.39 is 6.10 Å². The number of aliphatic hydroxyl groups excluding tert-OH is 1. The minimum absolute atomic E-state index is 0.426. The van der Waals surface area contributed by atoms with Gasteiger partial charge < -0.3 is 9.84 Å². The molecule has 4 heteroatoms. The van der Waals surface area contributed by atoms with Gasteiger partial charge in [-0.15, -0.1) is 0 Å². The number of benzene rings is 1. The van der Waals surface area contributed by atoms with E-state index in [1.54, 1.807) is 12.1 Å². The smallest absolute Gasteiger partial charge is 0.156 e. The summed E-state index contributed by atoms with van der Waals surface area (Å²) in [5.41, 5.74) is 0.729. The molecular weight excluding hydrogens is 235 g/mol. The SMILES string of the molecule is CCCC(O)c1cc(Cl)c(OC)c(Cl)c1. The maximum absolute atomic E-state index is 9.77. The predicted molar refractivity (Wildman–Crippen MR) is 62.9 cm³/mol. The number of halogens is 2. The molecule has 0 saturated heterocycles. The lowest BCUT2D eigenvalue weighted by molar-refractivity contribution is 0.166. The third-order valence-electron chi connectivity index (χ3n) is 2.17. The summed E-state index contributed by atoms with van der Waals surface area (Å²) >= 11 is 11.9. The van der Waals surface area contributed by atoms with Crippen molar-refractivity contribution in [2.45, 2.75) is 25.9 Å². The van der Waals surface area contributed by atoms with Crippen LogP contribution in [0.2, 0.25) is 10.0 Å². The molecule has 1 rings (SSSR count). The topological polar surface area (TPSA) is 29.5 Å². The zero-order valence-electron chi connectivity index (χ0n) is 8.76. The maximum atomic E-state index is 9.77. The van der Waals surface area contributed by atoms with Crippen LogP contribution in [0.25, 0.3) is 0 Å². The molecule has 1 aromatic carbocycles. The molecule has 0 amide bonds. The third-order valence-corrected chi connectivity index (χ3v) is 2.73. The Morgan fingerprint density at radius 2 is 1.87 bits per heavy atom. The fourth-order valence-electron chi connectivity index (χ4n) is 1.41. The van der Waals surface area contributed by atoms with Gasteiger partial charge in [-0.05, 0) is 24.1 Å². The number of hydrogen-bond acceptors (Lipinski definition) is 2. The highest BCUT2D eigenvalue weighted by molar-refractivity contribution is 6.37. The van der Waals surface area contributed by atoms with E-state index in [9.17, 15) is 5.11 Å². The van der Waals surface area contributed by atoms with Crippen molar-refractivity contribution in [3.8, 4) is 5.75 Å². The van der Waals surface area contributed by atoms with Crippen LogP contribution >= 0.6 is 23.2 Å². The molecule has 1 unspecified atom stereocenters. The van der Waals surface area contributed by atoms with Crippen LogP contribution in [0, 0.1) is 0 Å². The Morgan fingerprint density at radius 1 is 1.33 bits per heavy atom. The summed E-state index contributed by atoms with van der Waals surface area (Å²) in [5, 5.41) is 10.6. The van der Waals surface area contributed by atoms with E-state index >= 15 is 0 Å². The zero-order chi connectivity index (χ0) is 11.4. The Hall–Kier alpha value is -0.440. The van der Waals surface area contributed by atoms with Gasteiger partial charge in [0.05, 0.1) is 23.3 Å². The van der Waals surface area contributed by atoms with Crippen LogP contribution < -0.4 is 4.74 Å². The second-order valence-electron chi connectivity index (χ2n) is 3.32. The van der Waals surface area contributed by atoms with E-state index in [2.05, 4.69) is 0 Å². The molecule has 0 heterocycles. The summed E-state index contributed by atoms with van der Waals surface area (Å²) in [5.74, 6) is 0.450. The second kappa shape index (κ2) is 5.59. The summed E-state index contributed by atoms with van der Waals surface area (Å²) in [6.07, 6.45) is 1.08. The van der Waals surface area contributed by atoms with Crippen molar-refractivity contribution in [1.82, 2.24) is 0 Å². The van der Waals surface area contributed by atoms with E-state index in [0.29, 0.717) is 22.2 Å². The number of ether oxygens (including phenoxy) is 1. The second-order valence-corrected chi connectivity index (χ2v) is 4.14. The lowest BCUT2D eigenvalue weighted by Crippen LogP contribution is -1.97. The molecule has 0 saturated carbocycles. The molecule has 0 fully saturated rings. The quantitative estimate of drug-likeness (QED) is 0.878. The zero-order valence-corrected chi connectivity index (χ0v) is 10.3. The van der Waals surface area contributed by atoms with Gasteiger partial charge in [0.15, 0.2) is 5.75 Å². The summed E-state index contributed by atoms with van der Waals surface area (Å²) < 4.78 is 5.02. The highest BCUT2D eigenvalue weighted by Crippen LogP contribution is 2.36. The van der Waals surface area contributed by atoms with Gasteiger partial charge >= 0.3 is 0 Å². The van der Waals surface area contributed by atoms with Crippen LogP contribution in [-0.2, 0) is 0 Å². The van der Waals surface area contributed by atoms with E-state index in [1.165, 1.54) is 7.11 Å². The molecule has 84 valence electrons. The standard InChI is InChI=1S/C11H14Cl2O2/c1-3-4-10(14)7-5-8(12)11(15-2)9(13)6-7/h5-6,10,14H,3-4H2,1-2H3. The van der Waals surface area contributed by atoms with Gasteiger partial charge in [0.25, 0.3) is 0 Å². The minimum atomic E-state index is -0.518. The van der Waals surface area contributed by atoms with E-state index in [4.69, 9.17) is 27.9 Å². The van der Waals surface area contributed by atoms with Crippen LogP contribution in [0.1, 0.15) is 31.4 Å². The van der Waals surface area contributed by atoms with Crippen molar-refractivity contribution in [2.75, 3.05) is 7.11 Å². The Morgan fingerprint density at radius 3 is 2.27 bits per heavy atom. The predicted octanol–water partition coefficient (Wildman–Crippen LogP) is 3.84. The van der Waals surface area contributed by atoms with Crippen LogP contribution in [0.5, 0.6) is 5.75 Å². The first-order valence-electron chi connectivity index (χ1n) is 4.81. The highest BCUT2D eigenvalue weighted by atomic mass is 35.5. The van der Waals surface area contributed by atoms with Gasteiger partial charge in [-0.2, -0.15) is 0 Å². The van der Waals surface area contributed by atoms with Crippen molar-refractivity contribution >= 4 is 23.2 Å². The molecule has 1 N–H and O–H groups in total. The largest absolute Gasteiger partial charge is 0.494 e. The molecule has 0 radical (unpaired) electrons. The van der Waals surface area contributed by atoms with Gasteiger partial charge in [0.2, 0.25) is 0 Å². The Labute approximate surface area is 99.8 Å². The number of aliphatic hydroxyl groups is 1. The molecule has 15 heavy (non-hydrogen) atoms.